The van der Waals surface area contributed by atoms with E-state index in [-0.39, 0.29) is 0 Å². The molecule has 5 heteroatoms. The Morgan fingerprint density at radius 2 is 2.00 bits per heavy atom. The first kappa shape index (κ1) is 16.8. The fourth-order valence-electron chi connectivity index (χ4n) is 4.43. The summed E-state index contributed by atoms with van der Waals surface area (Å²) in [4.78, 5) is 7.02. The van der Waals surface area contributed by atoms with Gasteiger partial charge in [0.15, 0.2) is 0 Å². The second kappa shape index (κ2) is 7.32. The van der Waals surface area contributed by atoms with Gasteiger partial charge in [-0.2, -0.15) is 0 Å². The second-order valence-electron chi connectivity index (χ2n) is 8.02. The van der Waals surface area contributed by atoms with Gasteiger partial charge in [-0.1, -0.05) is 38.3 Å². The molecule has 5 nitrogen and oxygen atoms in total. The highest BCUT2D eigenvalue weighted by molar-refractivity contribution is 5.14. The molecule has 4 rings (SSSR count). The van der Waals surface area contributed by atoms with Crippen molar-refractivity contribution in [2.75, 3.05) is 6.54 Å². The van der Waals surface area contributed by atoms with Crippen LogP contribution in [0.4, 0.5) is 0 Å². The quantitative estimate of drug-likeness (QED) is 0.780. The van der Waals surface area contributed by atoms with Gasteiger partial charge in [0.25, 0.3) is 0 Å². The molecule has 3 heterocycles. The van der Waals surface area contributed by atoms with Gasteiger partial charge in [0.2, 0.25) is 0 Å². The van der Waals surface area contributed by atoms with Crippen molar-refractivity contribution in [2.45, 2.75) is 83.3 Å². The summed E-state index contributed by atoms with van der Waals surface area (Å²) < 4.78 is 7.99. The molecular weight excluding hydrogens is 312 g/mol. The van der Waals surface area contributed by atoms with Gasteiger partial charge >= 0.3 is 0 Å². The molecular formula is C20H30N4O. The Kier molecular flexibility index (Phi) is 4.93. The minimum atomic E-state index is 0.381. The maximum Gasteiger partial charge on any atom is 0.139 e. The van der Waals surface area contributed by atoms with Crippen LogP contribution >= 0.6 is 0 Å². The van der Waals surface area contributed by atoms with E-state index in [0.717, 1.165) is 24.5 Å². The molecule has 2 aromatic rings. The Bertz CT molecular complexity index is 683. The van der Waals surface area contributed by atoms with Crippen LogP contribution < -0.4 is 0 Å². The van der Waals surface area contributed by atoms with Gasteiger partial charge in [-0.25, -0.2) is 4.98 Å². The zero-order valence-electron chi connectivity index (χ0n) is 15.5. The third-order valence-electron chi connectivity index (χ3n) is 5.90. The SMILES string of the molecule is CC(C)c1cc([C@H]2CCCN2Cc2cncn2C2CCCCC2)no1. The third-order valence-corrected chi connectivity index (χ3v) is 5.90. The molecule has 0 unspecified atom stereocenters. The summed E-state index contributed by atoms with van der Waals surface area (Å²) in [6.45, 7) is 6.40. The fraction of sp³-hybridized carbons (Fsp3) is 0.700. The molecule has 0 radical (unpaired) electrons. The molecule has 2 aromatic heterocycles. The normalized spacial score (nSPS) is 22.9. The van der Waals surface area contributed by atoms with E-state index in [1.807, 2.05) is 6.33 Å². The Morgan fingerprint density at radius 1 is 1.16 bits per heavy atom. The lowest BCUT2D eigenvalue weighted by molar-refractivity contribution is 0.225. The van der Waals surface area contributed by atoms with Crippen molar-refractivity contribution < 1.29 is 4.52 Å². The molecule has 0 N–H and O–H groups in total. The minimum absolute atomic E-state index is 0.381. The molecule has 1 atom stereocenters. The zero-order chi connectivity index (χ0) is 17.2. The highest BCUT2D eigenvalue weighted by atomic mass is 16.5. The first-order valence-corrected chi connectivity index (χ1v) is 9.93. The van der Waals surface area contributed by atoms with Crippen LogP contribution in [-0.2, 0) is 6.54 Å². The Hall–Kier alpha value is -1.62. The number of aromatic nitrogens is 3. The van der Waals surface area contributed by atoms with E-state index in [1.165, 1.54) is 50.6 Å². The monoisotopic (exact) mass is 342 g/mol. The summed E-state index contributed by atoms with van der Waals surface area (Å²) >= 11 is 0. The highest BCUT2D eigenvalue weighted by Crippen LogP contribution is 2.35. The maximum absolute atomic E-state index is 5.55. The number of nitrogens with zero attached hydrogens (tertiary/aromatic N) is 4. The fourth-order valence-corrected chi connectivity index (χ4v) is 4.43. The van der Waals surface area contributed by atoms with Gasteiger partial charge in [0, 0.05) is 30.8 Å². The lowest BCUT2D eigenvalue weighted by atomic mass is 9.95. The number of hydrogen-bond acceptors (Lipinski definition) is 4. The van der Waals surface area contributed by atoms with Crippen molar-refractivity contribution in [2.24, 2.45) is 0 Å². The lowest BCUT2D eigenvalue weighted by Crippen LogP contribution is -2.25. The smallest absolute Gasteiger partial charge is 0.139 e. The Balaban J connectivity index is 1.49. The molecule has 0 aromatic carbocycles. The molecule has 0 spiro atoms. The second-order valence-corrected chi connectivity index (χ2v) is 8.02. The van der Waals surface area contributed by atoms with Crippen molar-refractivity contribution >= 4 is 0 Å². The van der Waals surface area contributed by atoms with Crippen molar-refractivity contribution in [3.05, 3.63) is 35.7 Å². The highest BCUT2D eigenvalue weighted by Gasteiger charge is 2.30. The molecule has 2 fully saturated rings. The van der Waals surface area contributed by atoms with Gasteiger partial charge in [0.1, 0.15) is 11.5 Å². The van der Waals surface area contributed by atoms with Crippen LogP contribution in [0.25, 0.3) is 0 Å². The van der Waals surface area contributed by atoms with Gasteiger partial charge < -0.3 is 9.09 Å². The summed E-state index contributed by atoms with van der Waals surface area (Å²) in [6.07, 6.45) is 13.2. The summed E-state index contributed by atoms with van der Waals surface area (Å²) in [5, 5.41) is 4.37. The lowest BCUT2D eigenvalue weighted by Gasteiger charge is -2.27. The predicted octanol–water partition coefficient (Wildman–Crippen LogP) is 4.84. The van der Waals surface area contributed by atoms with E-state index in [4.69, 9.17) is 4.52 Å². The van der Waals surface area contributed by atoms with Crippen molar-refractivity contribution in [1.82, 2.24) is 19.6 Å². The number of rotatable bonds is 5. The molecule has 2 aliphatic rings. The van der Waals surface area contributed by atoms with Gasteiger partial charge in [0.05, 0.1) is 18.1 Å². The van der Waals surface area contributed by atoms with Crippen LogP contribution in [0.15, 0.2) is 23.1 Å². The van der Waals surface area contributed by atoms with E-state index in [1.54, 1.807) is 0 Å². The molecule has 1 aliphatic carbocycles. The largest absolute Gasteiger partial charge is 0.361 e. The molecule has 1 saturated carbocycles. The van der Waals surface area contributed by atoms with Crippen LogP contribution in [0.5, 0.6) is 0 Å². The standard InChI is InChI=1S/C20H30N4O/c1-15(2)20-11-18(22-25-20)19-9-6-10-23(19)13-17-12-21-14-24(17)16-7-4-3-5-8-16/h11-12,14-16,19H,3-10,13H2,1-2H3/t19-/m1/s1. The maximum atomic E-state index is 5.55. The average molecular weight is 342 g/mol. The summed E-state index contributed by atoms with van der Waals surface area (Å²) in [5.74, 6) is 1.39. The van der Waals surface area contributed by atoms with Crippen LogP contribution in [0.2, 0.25) is 0 Å². The number of hydrogen-bond donors (Lipinski definition) is 0. The predicted molar refractivity (Wildman–Crippen MR) is 97.3 cm³/mol. The van der Waals surface area contributed by atoms with Gasteiger partial charge in [-0.05, 0) is 32.2 Å². The molecule has 25 heavy (non-hydrogen) atoms. The summed E-state index contributed by atoms with van der Waals surface area (Å²) in [7, 11) is 0. The average Bonchev–Trinajstić information content (AvgIpc) is 3.36. The van der Waals surface area contributed by atoms with Gasteiger partial charge in [-0.15, -0.1) is 0 Å². The molecule has 0 bridgehead atoms. The first-order chi connectivity index (χ1) is 12.2. The van der Waals surface area contributed by atoms with Crippen molar-refractivity contribution in [3.8, 4) is 0 Å². The van der Waals surface area contributed by atoms with E-state index < -0.39 is 0 Å². The van der Waals surface area contributed by atoms with Crippen molar-refractivity contribution in [3.63, 3.8) is 0 Å². The van der Waals surface area contributed by atoms with E-state index in [9.17, 15) is 0 Å². The van der Waals surface area contributed by atoms with Crippen molar-refractivity contribution in [1.29, 1.82) is 0 Å². The Labute approximate surface area is 150 Å². The number of likely N-dealkylation sites (tertiary alicyclic amines) is 1. The van der Waals surface area contributed by atoms with Gasteiger partial charge in [-0.3, -0.25) is 4.90 Å². The van der Waals surface area contributed by atoms with E-state index in [2.05, 4.69) is 45.7 Å². The van der Waals surface area contributed by atoms with Crippen LogP contribution in [-0.4, -0.2) is 26.2 Å². The van der Waals surface area contributed by atoms with Crippen LogP contribution in [0.1, 0.15) is 93.9 Å². The van der Waals surface area contributed by atoms with E-state index >= 15 is 0 Å². The molecule has 1 saturated heterocycles. The number of imidazole rings is 1. The van der Waals surface area contributed by atoms with E-state index in [0.29, 0.717) is 18.0 Å². The minimum Gasteiger partial charge on any atom is -0.361 e. The summed E-state index contributed by atoms with van der Waals surface area (Å²) in [6, 6.07) is 3.18. The zero-order valence-corrected chi connectivity index (χ0v) is 15.5. The third kappa shape index (κ3) is 3.52. The molecule has 0 amide bonds. The molecule has 136 valence electrons. The first-order valence-electron chi connectivity index (χ1n) is 9.93. The topological polar surface area (TPSA) is 47.1 Å². The Morgan fingerprint density at radius 3 is 2.76 bits per heavy atom. The molecule has 1 aliphatic heterocycles. The summed E-state index contributed by atoms with van der Waals surface area (Å²) in [5.41, 5.74) is 2.45. The van der Waals surface area contributed by atoms with Crippen LogP contribution in [0, 0.1) is 0 Å². The van der Waals surface area contributed by atoms with Crippen LogP contribution in [0.3, 0.4) is 0 Å².